The number of nitrogen functional groups attached to an aromatic ring is 1. The van der Waals surface area contributed by atoms with Gasteiger partial charge in [0.1, 0.15) is 0 Å². The Hall–Kier alpha value is -1.01. The number of rotatable bonds is 6. The van der Waals surface area contributed by atoms with Crippen LogP contribution in [-0.4, -0.2) is 42.2 Å². The first-order chi connectivity index (χ1) is 8.97. The Morgan fingerprint density at radius 2 is 2.00 bits per heavy atom. The van der Waals surface area contributed by atoms with Crippen LogP contribution in [-0.2, 0) is 4.79 Å². The average Bonchev–Trinajstić information content (AvgIpc) is 2.33. The summed E-state index contributed by atoms with van der Waals surface area (Å²) >= 11 is 12.0. The molecule has 1 amide bonds. The Balaban J connectivity index is 2.72. The summed E-state index contributed by atoms with van der Waals surface area (Å²) in [6.45, 7) is 3.18. The van der Waals surface area contributed by atoms with E-state index in [1.54, 1.807) is 4.90 Å². The van der Waals surface area contributed by atoms with Crippen molar-refractivity contribution in [3.05, 3.63) is 22.2 Å². The first kappa shape index (κ1) is 16.0. The van der Waals surface area contributed by atoms with E-state index in [1.165, 1.54) is 12.1 Å². The molecule has 0 unspecified atom stereocenters. The molecule has 1 aromatic carbocycles. The van der Waals surface area contributed by atoms with Gasteiger partial charge in [0, 0.05) is 12.2 Å². The highest BCUT2D eigenvalue weighted by Crippen LogP contribution is 2.32. The number of hydrogen-bond donors (Lipinski definition) is 3. The van der Waals surface area contributed by atoms with Crippen molar-refractivity contribution in [3.8, 4) is 0 Å². The Bertz CT molecular complexity index is 432. The minimum absolute atomic E-state index is 0.00447. The lowest BCUT2D eigenvalue weighted by atomic mass is 10.2. The van der Waals surface area contributed by atoms with E-state index in [0.717, 1.165) is 0 Å². The predicted octanol–water partition coefficient (Wildman–Crippen LogP) is 1.83. The molecule has 0 radical (unpaired) electrons. The molecule has 7 heteroatoms. The Morgan fingerprint density at radius 1 is 1.42 bits per heavy atom. The van der Waals surface area contributed by atoms with Crippen molar-refractivity contribution in [2.75, 3.05) is 37.3 Å². The van der Waals surface area contributed by atoms with Crippen molar-refractivity contribution in [1.29, 1.82) is 0 Å². The van der Waals surface area contributed by atoms with E-state index in [1.807, 2.05) is 6.92 Å². The standard InChI is InChI=1S/C12H17Cl2N3O2/c1-2-17(3-4-18)7-11(19)16-12-9(13)5-8(15)6-10(12)14/h5-6,18H,2-4,7,15H2,1H3,(H,16,19). The molecule has 0 aromatic heterocycles. The predicted molar refractivity (Wildman–Crippen MR) is 78.7 cm³/mol. The maximum Gasteiger partial charge on any atom is 0.238 e. The molecule has 5 nitrogen and oxygen atoms in total. The highest BCUT2D eigenvalue weighted by Gasteiger charge is 2.13. The van der Waals surface area contributed by atoms with Crippen molar-refractivity contribution in [2.24, 2.45) is 0 Å². The lowest BCUT2D eigenvalue weighted by Gasteiger charge is -2.19. The molecule has 0 atom stereocenters. The van der Waals surface area contributed by atoms with Crippen molar-refractivity contribution in [3.63, 3.8) is 0 Å². The van der Waals surface area contributed by atoms with Crippen molar-refractivity contribution < 1.29 is 9.90 Å². The third-order valence-corrected chi connectivity index (χ3v) is 3.16. The molecule has 106 valence electrons. The third-order valence-electron chi connectivity index (χ3n) is 2.56. The Labute approximate surface area is 122 Å². The minimum Gasteiger partial charge on any atom is -0.399 e. The number of benzene rings is 1. The van der Waals surface area contributed by atoms with Gasteiger partial charge in [-0.05, 0) is 18.7 Å². The molecular formula is C12H17Cl2N3O2. The van der Waals surface area contributed by atoms with Gasteiger partial charge in [0.25, 0.3) is 0 Å². The van der Waals surface area contributed by atoms with Gasteiger partial charge in [-0.3, -0.25) is 9.69 Å². The van der Waals surface area contributed by atoms with E-state index in [2.05, 4.69) is 5.32 Å². The highest BCUT2D eigenvalue weighted by molar-refractivity contribution is 6.40. The number of hydrogen-bond acceptors (Lipinski definition) is 4. The molecule has 0 aliphatic rings. The SMILES string of the molecule is CCN(CCO)CC(=O)Nc1c(Cl)cc(N)cc1Cl. The fourth-order valence-electron chi connectivity index (χ4n) is 1.58. The number of nitrogens with one attached hydrogen (secondary N) is 1. The lowest BCUT2D eigenvalue weighted by Crippen LogP contribution is -2.35. The molecule has 0 fully saturated rings. The van der Waals surface area contributed by atoms with Crippen LogP contribution < -0.4 is 11.1 Å². The van der Waals surface area contributed by atoms with Crippen molar-refractivity contribution >= 4 is 40.5 Å². The molecule has 19 heavy (non-hydrogen) atoms. The Morgan fingerprint density at radius 3 is 2.47 bits per heavy atom. The smallest absolute Gasteiger partial charge is 0.238 e. The number of carbonyl (C=O) groups is 1. The molecule has 0 saturated carbocycles. The number of halogens is 2. The van der Waals surface area contributed by atoms with Crippen LogP contribution in [0.15, 0.2) is 12.1 Å². The number of aliphatic hydroxyl groups excluding tert-OH is 1. The third kappa shape index (κ3) is 4.87. The summed E-state index contributed by atoms with van der Waals surface area (Å²) in [5, 5.41) is 12.1. The molecule has 0 bridgehead atoms. The molecule has 0 spiro atoms. The maximum atomic E-state index is 11.9. The number of aliphatic hydroxyl groups is 1. The topological polar surface area (TPSA) is 78.6 Å². The second kappa shape index (κ2) is 7.55. The quantitative estimate of drug-likeness (QED) is 0.701. The summed E-state index contributed by atoms with van der Waals surface area (Å²) in [4.78, 5) is 13.7. The van der Waals surface area contributed by atoms with Gasteiger partial charge in [-0.2, -0.15) is 0 Å². The number of nitrogens with two attached hydrogens (primary N) is 1. The molecule has 0 heterocycles. The zero-order valence-electron chi connectivity index (χ0n) is 10.6. The monoisotopic (exact) mass is 305 g/mol. The van der Waals surface area contributed by atoms with Crippen LogP contribution >= 0.6 is 23.2 Å². The minimum atomic E-state index is -0.246. The summed E-state index contributed by atoms with van der Waals surface area (Å²) in [5.41, 5.74) is 6.37. The van der Waals surface area contributed by atoms with E-state index < -0.39 is 0 Å². The van der Waals surface area contributed by atoms with E-state index in [4.69, 9.17) is 34.0 Å². The van der Waals surface area contributed by atoms with E-state index in [-0.39, 0.29) is 19.1 Å². The van der Waals surface area contributed by atoms with Crippen LogP contribution in [0.5, 0.6) is 0 Å². The molecule has 1 rings (SSSR count). The van der Waals surface area contributed by atoms with Crippen LogP contribution in [0.2, 0.25) is 10.0 Å². The van der Waals surface area contributed by atoms with Crippen molar-refractivity contribution in [1.82, 2.24) is 4.90 Å². The van der Waals surface area contributed by atoms with Crippen molar-refractivity contribution in [2.45, 2.75) is 6.92 Å². The van der Waals surface area contributed by atoms with Gasteiger partial charge < -0.3 is 16.2 Å². The highest BCUT2D eigenvalue weighted by atomic mass is 35.5. The zero-order valence-corrected chi connectivity index (χ0v) is 12.1. The van der Waals surface area contributed by atoms with Gasteiger partial charge >= 0.3 is 0 Å². The lowest BCUT2D eigenvalue weighted by molar-refractivity contribution is -0.117. The summed E-state index contributed by atoms with van der Waals surface area (Å²) in [6, 6.07) is 3.04. The van der Waals surface area contributed by atoms with Gasteiger partial charge in [0.05, 0.1) is 28.9 Å². The second-order valence-corrected chi connectivity index (χ2v) is 4.81. The Kier molecular flexibility index (Phi) is 6.37. The van der Waals surface area contributed by atoms with E-state index in [9.17, 15) is 4.79 Å². The van der Waals surface area contributed by atoms with E-state index in [0.29, 0.717) is 34.5 Å². The normalized spacial score (nSPS) is 10.8. The van der Waals surface area contributed by atoms with Crippen LogP contribution in [0, 0.1) is 0 Å². The molecular weight excluding hydrogens is 289 g/mol. The summed E-state index contributed by atoms with van der Waals surface area (Å²) in [7, 11) is 0. The van der Waals surface area contributed by atoms with Crippen LogP contribution in [0.25, 0.3) is 0 Å². The number of likely N-dealkylation sites (N-methyl/N-ethyl adjacent to an activating group) is 1. The zero-order chi connectivity index (χ0) is 14.4. The molecule has 0 aliphatic carbocycles. The first-order valence-corrected chi connectivity index (χ1v) is 6.61. The van der Waals surface area contributed by atoms with Gasteiger partial charge in [-0.25, -0.2) is 0 Å². The number of carbonyl (C=O) groups excluding carboxylic acids is 1. The van der Waals surface area contributed by atoms with Crippen LogP contribution in [0.3, 0.4) is 0 Å². The summed E-state index contributed by atoms with van der Waals surface area (Å²) in [5.74, 6) is -0.246. The molecule has 0 saturated heterocycles. The first-order valence-electron chi connectivity index (χ1n) is 5.85. The van der Waals surface area contributed by atoms with Gasteiger partial charge in [-0.15, -0.1) is 0 Å². The fraction of sp³-hybridized carbons (Fsp3) is 0.417. The van der Waals surface area contributed by atoms with Gasteiger partial charge in [0.15, 0.2) is 0 Å². The summed E-state index contributed by atoms with van der Waals surface area (Å²) in [6.07, 6.45) is 0. The maximum absolute atomic E-state index is 11.9. The van der Waals surface area contributed by atoms with Crippen LogP contribution in [0.1, 0.15) is 6.92 Å². The average molecular weight is 306 g/mol. The second-order valence-electron chi connectivity index (χ2n) is 4.00. The fourth-order valence-corrected chi connectivity index (χ4v) is 2.18. The molecule has 0 aliphatic heterocycles. The largest absolute Gasteiger partial charge is 0.399 e. The van der Waals surface area contributed by atoms with E-state index >= 15 is 0 Å². The van der Waals surface area contributed by atoms with Gasteiger partial charge in [-0.1, -0.05) is 30.1 Å². The van der Waals surface area contributed by atoms with Gasteiger partial charge in [0.2, 0.25) is 5.91 Å². The van der Waals surface area contributed by atoms with Crippen LogP contribution in [0.4, 0.5) is 11.4 Å². The number of amides is 1. The molecule has 1 aromatic rings. The molecule has 4 N–H and O–H groups in total. The number of anilines is 2. The summed E-state index contributed by atoms with van der Waals surface area (Å²) < 4.78 is 0. The number of nitrogens with zero attached hydrogens (tertiary/aromatic N) is 1.